The minimum Gasteiger partial charge on any atom is -0.481 e. The van der Waals surface area contributed by atoms with Crippen LogP contribution < -0.4 is 0 Å². The van der Waals surface area contributed by atoms with Crippen LogP contribution in [0.3, 0.4) is 0 Å². The van der Waals surface area contributed by atoms with Crippen molar-refractivity contribution in [3.63, 3.8) is 0 Å². The molecule has 1 rings (SSSR count). The van der Waals surface area contributed by atoms with Crippen molar-refractivity contribution in [2.24, 2.45) is 5.92 Å². The van der Waals surface area contributed by atoms with E-state index in [1.807, 2.05) is 0 Å². The second kappa shape index (κ2) is 5.50. The van der Waals surface area contributed by atoms with E-state index >= 15 is 0 Å². The number of aliphatic carboxylic acids is 1. The number of carboxylic acid groups (broad SMARTS) is 1. The molecule has 0 saturated heterocycles. The van der Waals surface area contributed by atoms with Gasteiger partial charge in [0.15, 0.2) is 0 Å². The molecule has 0 amide bonds. The summed E-state index contributed by atoms with van der Waals surface area (Å²) in [6.45, 7) is 7.37. The fourth-order valence-corrected chi connectivity index (χ4v) is 2.78. The van der Waals surface area contributed by atoms with E-state index in [4.69, 9.17) is 0 Å². The van der Waals surface area contributed by atoms with E-state index in [9.17, 15) is 9.90 Å². The maximum Gasteiger partial charge on any atom is 0.308 e. The highest BCUT2D eigenvalue weighted by molar-refractivity contribution is 5.71. The van der Waals surface area contributed by atoms with Crippen molar-refractivity contribution in [1.82, 2.24) is 4.90 Å². The van der Waals surface area contributed by atoms with Gasteiger partial charge < -0.3 is 5.11 Å². The number of carbonyl (C=O) groups is 1. The fourth-order valence-electron chi connectivity index (χ4n) is 2.78. The third-order valence-corrected chi connectivity index (χ3v) is 3.50. The van der Waals surface area contributed by atoms with Crippen LogP contribution in [0, 0.1) is 5.92 Å². The third kappa shape index (κ3) is 2.94. The molecule has 0 aliphatic heterocycles. The summed E-state index contributed by atoms with van der Waals surface area (Å²) in [5.41, 5.74) is 0. The van der Waals surface area contributed by atoms with Crippen molar-refractivity contribution in [2.75, 3.05) is 6.54 Å². The van der Waals surface area contributed by atoms with Crippen LogP contribution in [0.25, 0.3) is 0 Å². The Morgan fingerprint density at radius 1 is 1.40 bits per heavy atom. The molecule has 1 aliphatic rings. The quantitative estimate of drug-likeness (QED) is 0.779. The first-order valence-electron chi connectivity index (χ1n) is 6.06. The zero-order chi connectivity index (χ0) is 11.4. The topological polar surface area (TPSA) is 40.5 Å². The summed E-state index contributed by atoms with van der Waals surface area (Å²) in [5.74, 6) is -0.764. The van der Waals surface area contributed by atoms with Gasteiger partial charge in [0.25, 0.3) is 0 Å². The van der Waals surface area contributed by atoms with Crippen molar-refractivity contribution in [3.8, 4) is 0 Å². The van der Waals surface area contributed by atoms with Crippen molar-refractivity contribution >= 4 is 5.97 Å². The lowest BCUT2D eigenvalue weighted by atomic mass is 9.83. The Kier molecular flexibility index (Phi) is 4.58. The molecule has 2 atom stereocenters. The molecule has 0 aromatic heterocycles. The van der Waals surface area contributed by atoms with Gasteiger partial charge in [-0.1, -0.05) is 19.8 Å². The standard InChI is InChI=1S/C12H23NO2/c1-4-13(9(2)3)11-8-6-5-7-10(11)12(14)15/h9-11H,4-8H2,1-3H3,(H,14,15). The Bertz CT molecular complexity index is 216. The lowest BCUT2D eigenvalue weighted by Gasteiger charge is -2.40. The Labute approximate surface area is 92.5 Å². The number of rotatable bonds is 4. The molecule has 88 valence electrons. The molecule has 1 aliphatic carbocycles. The summed E-state index contributed by atoms with van der Waals surface area (Å²) >= 11 is 0. The van der Waals surface area contributed by atoms with Crippen LogP contribution >= 0.6 is 0 Å². The van der Waals surface area contributed by atoms with E-state index in [-0.39, 0.29) is 12.0 Å². The smallest absolute Gasteiger partial charge is 0.308 e. The van der Waals surface area contributed by atoms with Gasteiger partial charge >= 0.3 is 5.97 Å². The van der Waals surface area contributed by atoms with Crippen LogP contribution in [0.15, 0.2) is 0 Å². The largest absolute Gasteiger partial charge is 0.481 e. The zero-order valence-electron chi connectivity index (χ0n) is 10.1. The van der Waals surface area contributed by atoms with Crippen molar-refractivity contribution in [3.05, 3.63) is 0 Å². The maximum absolute atomic E-state index is 11.2. The first-order chi connectivity index (χ1) is 7.07. The molecular weight excluding hydrogens is 190 g/mol. The average Bonchev–Trinajstić information content (AvgIpc) is 2.18. The van der Waals surface area contributed by atoms with E-state index in [1.54, 1.807) is 0 Å². The molecule has 0 radical (unpaired) electrons. The van der Waals surface area contributed by atoms with Gasteiger partial charge in [-0.3, -0.25) is 9.69 Å². The van der Waals surface area contributed by atoms with Crippen LogP contribution in [0.2, 0.25) is 0 Å². The molecule has 2 unspecified atom stereocenters. The molecule has 1 N–H and O–H groups in total. The normalized spacial score (nSPS) is 27.3. The highest BCUT2D eigenvalue weighted by Crippen LogP contribution is 2.29. The summed E-state index contributed by atoms with van der Waals surface area (Å²) in [6, 6.07) is 0.696. The van der Waals surface area contributed by atoms with Gasteiger partial charge in [0.1, 0.15) is 0 Å². The summed E-state index contributed by atoms with van der Waals surface area (Å²) in [7, 11) is 0. The molecule has 3 nitrogen and oxygen atoms in total. The van der Waals surface area contributed by atoms with E-state index in [1.165, 1.54) is 6.42 Å². The molecule has 0 aromatic carbocycles. The van der Waals surface area contributed by atoms with Crippen LogP contribution in [0.5, 0.6) is 0 Å². The zero-order valence-corrected chi connectivity index (χ0v) is 10.1. The first kappa shape index (κ1) is 12.5. The molecule has 0 bridgehead atoms. The maximum atomic E-state index is 11.2. The summed E-state index contributed by atoms with van der Waals surface area (Å²) < 4.78 is 0. The van der Waals surface area contributed by atoms with Gasteiger partial charge in [0, 0.05) is 12.1 Å². The van der Waals surface area contributed by atoms with E-state index < -0.39 is 5.97 Å². The molecular formula is C12H23NO2. The summed E-state index contributed by atoms with van der Waals surface area (Å²) in [6.07, 6.45) is 4.15. The van der Waals surface area contributed by atoms with E-state index in [0.717, 1.165) is 25.8 Å². The molecule has 1 fully saturated rings. The number of carboxylic acids is 1. The van der Waals surface area contributed by atoms with Gasteiger partial charge in [0.2, 0.25) is 0 Å². The Morgan fingerprint density at radius 3 is 2.47 bits per heavy atom. The van der Waals surface area contributed by atoms with Crippen molar-refractivity contribution in [1.29, 1.82) is 0 Å². The molecule has 0 spiro atoms. The third-order valence-electron chi connectivity index (χ3n) is 3.50. The van der Waals surface area contributed by atoms with Crippen LogP contribution in [-0.4, -0.2) is 34.6 Å². The number of nitrogens with zero attached hydrogens (tertiary/aromatic N) is 1. The van der Waals surface area contributed by atoms with Gasteiger partial charge in [-0.25, -0.2) is 0 Å². The Morgan fingerprint density at radius 2 is 2.00 bits per heavy atom. The number of hydrogen-bond acceptors (Lipinski definition) is 2. The summed E-state index contributed by atoms with van der Waals surface area (Å²) in [4.78, 5) is 13.5. The summed E-state index contributed by atoms with van der Waals surface area (Å²) in [5, 5.41) is 9.21. The monoisotopic (exact) mass is 213 g/mol. The molecule has 15 heavy (non-hydrogen) atoms. The molecule has 3 heteroatoms. The van der Waals surface area contributed by atoms with Crippen LogP contribution in [0.4, 0.5) is 0 Å². The first-order valence-corrected chi connectivity index (χ1v) is 6.06. The van der Waals surface area contributed by atoms with Crippen molar-refractivity contribution in [2.45, 2.75) is 58.5 Å². The molecule has 1 saturated carbocycles. The van der Waals surface area contributed by atoms with Gasteiger partial charge in [-0.15, -0.1) is 0 Å². The van der Waals surface area contributed by atoms with Crippen molar-refractivity contribution < 1.29 is 9.90 Å². The minimum atomic E-state index is -0.612. The highest BCUT2D eigenvalue weighted by Gasteiger charge is 2.34. The second-order valence-corrected chi connectivity index (χ2v) is 4.72. The Hall–Kier alpha value is -0.570. The lowest BCUT2D eigenvalue weighted by molar-refractivity contribution is -0.146. The molecule has 0 aromatic rings. The Balaban J connectivity index is 2.73. The fraction of sp³-hybridized carbons (Fsp3) is 0.917. The predicted molar refractivity (Wildman–Crippen MR) is 60.9 cm³/mol. The van der Waals surface area contributed by atoms with Crippen LogP contribution in [0.1, 0.15) is 46.5 Å². The SMILES string of the molecule is CCN(C(C)C)C1CCCCC1C(=O)O. The van der Waals surface area contributed by atoms with E-state index in [2.05, 4.69) is 25.7 Å². The van der Waals surface area contributed by atoms with Gasteiger partial charge in [-0.2, -0.15) is 0 Å². The highest BCUT2D eigenvalue weighted by atomic mass is 16.4. The predicted octanol–water partition coefficient (Wildman–Crippen LogP) is 2.36. The number of hydrogen-bond donors (Lipinski definition) is 1. The van der Waals surface area contributed by atoms with Crippen LogP contribution in [-0.2, 0) is 4.79 Å². The van der Waals surface area contributed by atoms with Gasteiger partial charge in [-0.05, 0) is 33.2 Å². The second-order valence-electron chi connectivity index (χ2n) is 4.72. The molecule has 0 heterocycles. The van der Waals surface area contributed by atoms with Gasteiger partial charge in [0.05, 0.1) is 5.92 Å². The van der Waals surface area contributed by atoms with E-state index in [0.29, 0.717) is 6.04 Å². The lowest BCUT2D eigenvalue weighted by Crippen LogP contribution is -2.48. The average molecular weight is 213 g/mol. The minimum absolute atomic E-state index is 0.152.